The second-order valence-corrected chi connectivity index (χ2v) is 8.22. The highest BCUT2D eigenvalue weighted by molar-refractivity contribution is 6.35. The molecule has 1 N–H and O–H groups in total. The van der Waals surface area contributed by atoms with Crippen molar-refractivity contribution >= 4 is 40.0 Å². The first kappa shape index (κ1) is 22.9. The number of methoxy groups -OCH3 is 2. The summed E-state index contributed by atoms with van der Waals surface area (Å²) < 4.78 is 10.8. The van der Waals surface area contributed by atoms with Crippen LogP contribution in [0.5, 0.6) is 11.5 Å². The number of aromatic nitrogens is 1. The summed E-state index contributed by atoms with van der Waals surface area (Å²) in [5.74, 6) is 1.10. The fourth-order valence-corrected chi connectivity index (χ4v) is 4.14. The van der Waals surface area contributed by atoms with Gasteiger partial charge in [0, 0.05) is 33.6 Å². The predicted molar refractivity (Wildman–Crippen MR) is 133 cm³/mol. The molecule has 4 rings (SSSR count). The lowest BCUT2D eigenvalue weighted by Crippen LogP contribution is -2.26. The molecule has 33 heavy (non-hydrogen) atoms. The third-order valence-corrected chi connectivity index (χ3v) is 5.93. The van der Waals surface area contributed by atoms with Gasteiger partial charge in [-0.2, -0.15) is 0 Å². The molecule has 0 spiro atoms. The molecule has 7 heteroatoms. The number of nitrogens with zero attached hydrogens (tertiary/aromatic N) is 1. The summed E-state index contributed by atoms with van der Waals surface area (Å²) in [7, 11) is 3.19. The van der Waals surface area contributed by atoms with Crippen molar-refractivity contribution in [2.75, 3.05) is 20.8 Å². The monoisotopic (exact) mass is 480 g/mol. The molecular formula is C26H22Cl2N2O3. The minimum Gasteiger partial charge on any atom is -0.497 e. The maximum atomic E-state index is 13.2. The molecule has 3 aromatic carbocycles. The van der Waals surface area contributed by atoms with Crippen molar-refractivity contribution in [2.45, 2.75) is 6.42 Å². The zero-order valence-corrected chi connectivity index (χ0v) is 19.7. The van der Waals surface area contributed by atoms with Crippen molar-refractivity contribution in [3.05, 3.63) is 87.9 Å². The predicted octanol–water partition coefficient (Wildman–Crippen LogP) is 6.20. The molecule has 168 valence electrons. The zero-order valence-electron chi connectivity index (χ0n) is 18.2. The number of hydrogen-bond acceptors (Lipinski definition) is 4. The molecule has 4 aromatic rings. The average Bonchev–Trinajstić information content (AvgIpc) is 2.84. The molecule has 1 aromatic heterocycles. The average molecular weight is 481 g/mol. The van der Waals surface area contributed by atoms with Gasteiger partial charge in [-0.05, 0) is 48.4 Å². The number of carbonyl (C=O) groups is 1. The summed E-state index contributed by atoms with van der Waals surface area (Å²) in [6.07, 6.45) is 0.587. The Morgan fingerprint density at radius 3 is 2.55 bits per heavy atom. The fourth-order valence-electron chi connectivity index (χ4n) is 3.64. The van der Waals surface area contributed by atoms with Crippen LogP contribution in [0.15, 0.2) is 66.7 Å². The van der Waals surface area contributed by atoms with E-state index in [4.69, 9.17) is 37.7 Å². The normalized spacial score (nSPS) is 10.8. The van der Waals surface area contributed by atoms with E-state index in [1.165, 1.54) is 0 Å². The van der Waals surface area contributed by atoms with Gasteiger partial charge >= 0.3 is 0 Å². The highest BCUT2D eigenvalue weighted by Crippen LogP contribution is 2.34. The first-order valence-corrected chi connectivity index (χ1v) is 11.1. The lowest BCUT2D eigenvalue weighted by atomic mass is 10.0. The Hall–Kier alpha value is -3.28. The molecule has 0 atom stereocenters. The van der Waals surface area contributed by atoms with Gasteiger partial charge in [0.05, 0.1) is 31.0 Å². The van der Waals surface area contributed by atoms with Gasteiger partial charge in [0.1, 0.15) is 11.5 Å². The number of hydrogen-bond donors (Lipinski definition) is 1. The minimum absolute atomic E-state index is 0.188. The Balaban J connectivity index is 1.65. The Kier molecular flexibility index (Phi) is 7.02. The number of carbonyl (C=O) groups excluding carboxylic acids is 1. The van der Waals surface area contributed by atoms with Gasteiger partial charge in [-0.25, -0.2) is 4.98 Å². The number of amides is 1. The van der Waals surface area contributed by atoms with E-state index in [0.717, 1.165) is 22.0 Å². The van der Waals surface area contributed by atoms with Crippen molar-refractivity contribution in [2.24, 2.45) is 0 Å². The van der Waals surface area contributed by atoms with Gasteiger partial charge in [0.15, 0.2) is 0 Å². The third-order valence-electron chi connectivity index (χ3n) is 5.34. The van der Waals surface area contributed by atoms with Crippen molar-refractivity contribution in [3.63, 3.8) is 0 Å². The SMILES string of the molecule is COc1ccc(-c2cc(C(=O)NCCc3ccc(Cl)cc3Cl)c3ccccc3n2)c(OC)c1. The second-order valence-electron chi connectivity index (χ2n) is 7.38. The van der Waals surface area contributed by atoms with Crippen LogP contribution in [0.2, 0.25) is 10.0 Å². The number of nitrogens with one attached hydrogen (secondary N) is 1. The van der Waals surface area contributed by atoms with Gasteiger partial charge in [-0.3, -0.25) is 4.79 Å². The molecular weight excluding hydrogens is 459 g/mol. The maximum absolute atomic E-state index is 13.2. The Morgan fingerprint density at radius 2 is 1.79 bits per heavy atom. The summed E-state index contributed by atoms with van der Waals surface area (Å²) >= 11 is 12.2. The van der Waals surface area contributed by atoms with Crippen LogP contribution in [0.3, 0.4) is 0 Å². The molecule has 0 aliphatic heterocycles. The van der Waals surface area contributed by atoms with Gasteiger partial charge in [-0.1, -0.05) is 47.5 Å². The number of halogens is 2. The highest BCUT2D eigenvalue weighted by Gasteiger charge is 2.16. The van der Waals surface area contributed by atoms with Gasteiger partial charge in [0.25, 0.3) is 5.91 Å². The van der Waals surface area contributed by atoms with Crippen LogP contribution in [0.4, 0.5) is 0 Å². The van der Waals surface area contributed by atoms with Crippen LogP contribution in [0, 0.1) is 0 Å². The Bertz CT molecular complexity index is 1320. The van der Waals surface area contributed by atoms with Crippen molar-refractivity contribution in [1.82, 2.24) is 10.3 Å². The molecule has 0 saturated carbocycles. The molecule has 5 nitrogen and oxygen atoms in total. The first-order valence-electron chi connectivity index (χ1n) is 10.3. The lowest BCUT2D eigenvalue weighted by molar-refractivity contribution is 0.0955. The second kappa shape index (κ2) is 10.1. The molecule has 1 heterocycles. The standard InChI is InChI=1S/C26H22Cl2N2O3/c1-32-18-9-10-20(25(14-18)33-2)24-15-21(19-5-3-4-6-23(19)30-24)26(31)29-12-11-16-7-8-17(27)13-22(16)28/h3-10,13-15H,11-12H2,1-2H3,(H,29,31). The van der Waals surface area contributed by atoms with E-state index in [9.17, 15) is 4.79 Å². The van der Waals surface area contributed by atoms with Crippen molar-refractivity contribution in [3.8, 4) is 22.8 Å². The van der Waals surface area contributed by atoms with E-state index in [-0.39, 0.29) is 5.91 Å². The summed E-state index contributed by atoms with van der Waals surface area (Å²) in [5.41, 5.74) is 3.59. The van der Waals surface area contributed by atoms with Crippen LogP contribution in [0.1, 0.15) is 15.9 Å². The quantitative estimate of drug-likeness (QED) is 0.342. The van der Waals surface area contributed by atoms with Crippen LogP contribution in [-0.4, -0.2) is 31.7 Å². The maximum Gasteiger partial charge on any atom is 0.252 e. The molecule has 0 aliphatic carbocycles. The van der Waals surface area contributed by atoms with Crippen molar-refractivity contribution in [1.29, 1.82) is 0 Å². The van der Waals surface area contributed by atoms with Gasteiger partial charge in [-0.15, -0.1) is 0 Å². The molecule has 0 bridgehead atoms. The number of rotatable bonds is 7. The van der Waals surface area contributed by atoms with Crippen molar-refractivity contribution < 1.29 is 14.3 Å². The van der Waals surface area contributed by atoms with Crippen LogP contribution >= 0.6 is 23.2 Å². The van der Waals surface area contributed by atoms with E-state index < -0.39 is 0 Å². The van der Waals surface area contributed by atoms with Gasteiger partial charge < -0.3 is 14.8 Å². The smallest absolute Gasteiger partial charge is 0.252 e. The summed E-state index contributed by atoms with van der Waals surface area (Å²) in [5, 5.41) is 4.94. The number of pyridine rings is 1. The Labute approximate surface area is 202 Å². The largest absolute Gasteiger partial charge is 0.497 e. The van der Waals surface area contributed by atoms with E-state index >= 15 is 0 Å². The summed E-state index contributed by atoms with van der Waals surface area (Å²) in [6.45, 7) is 0.429. The Morgan fingerprint density at radius 1 is 0.970 bits per heavy atom. The fraction of sp³-hybridized carbons (Fsp3) is 0.154. The highest BCUT2D eigenvalue weighted by atomic mass is 35.5. The van der Waals surface area contributed by atoms with Gasteiger partial charge in [0.2, 0.25) is 0 Å². The topological polar surface area (TPSA) is 60.5 Å². The van der Waals surface area contributed by atoms with Crippen LogP contribution < -0.4 is 14.8 Å². The van der Waals surface area contributed by atoms with E-state index in [0.29, 0.717) is 45.8 Å². The first-order chi connectivity index (χ1) is 16.0. The molecule has 0 radical (unpaired) electrons. The number of benzene rings is 3. The molecule has 0 aliphatic rings. The summed E-state index contributed by atoms with van der Waals surface area (Å²) in [4.78, 5) is 18.0. The third kappa shape index (κ3) is 5.05. The van der Waals surface area contributed by atoms with E-state index in [2.05, 4.69) is 5.32 Å². The van der Waals surface area contributed by atoms with Crippen LogP contribution in [-0.2, 0) is 6.42 Å². The molecule has 1 amide bonds. The number of ether oxygens (including phenoxy) is 2. The van der Waals surface area contributed by atoms with Crippen LogP contribution in [0.25, 0.3) is 22.2 Å². The lowest BCUT2D eigenvalue weighted by Gasteiger charge is -2.13. The molecule has 0 fully saturated rings. The minimum atomic E-state index is -0.188. The van der Waals surface area contributed by atoms with E-state index in [1.54, 1.807) is 38.5 Å². The number of fused-ring (bicyclic) bond motifs is 1. The zero-order chi connectivity index (χ0) is 23.4. The molecule has 0 unspecified atom stereocenters. The number of para-hydroxylation sites is 1. The molecule has 0 saturated heterocycles. The van der Waals surface area contributed by atoms with E-state index in [1.807, 2.05) is 42.5 Å². The summed E-state index contributed by atoms with van der Waals surface area (Å²) in [6, 6.07) is 20.2.